The number of hydrogen-bond donors (Lipinski definition) is 0. The van der Waals surface area contributed by atoms with E-state index in [0.717, 1.165) is 11.3 Å². The Morgan fingerprint density at radius 1 is 0.800 bits per heavy atom. The van der Waals surface area contributed by atoms with Crippen molar-refractivity contribution in [2.45, 2.75) is 6.54 Å². The minimum absolute atomic E-state index is 0.193. The summed E-state index contributed by atoms with van der Waals surface area (Å²) in [6.45, 7) is -0.0371. The number of anilines is 1. The number of methoxy groups -OCH3 is 2. The molecule has 0 fully saturated rings. The number of nitrogens with zero attached hydrogens (tertiary/aromatic N) is 1. The molecule has 0 saturated carbocycles. The van der Waals surface area contributed by atoms with Crippen molar-refractivity contribution in [1.29, 1.82) is 0 Å². The normalized spacial score (nSPS) is 10.2. The van der Waals surface area contributed by atoms with E-state index in [2.05, 4.69) is 0 Å². The fraction of sp³-hybridized carbons (Fsp3) is 0.167. The summed E-state index contributed by atoms with van der Waals surface area (Å²) >= 11 is 0. The number of amides is 1. The maximum absolute atomic E-state index is 13.0. The van der Waals surface area contributed by atoms with Gasteiger partial charge >= 0.3 is 5.97 Å². The summed E-state index contributed by atoms with van der Waals surface area (Å²) in [6, 6.07) is 23.8. The lowest BCUT2D eigenvalue weighted by Gasteiger charge is -2.23. The van der Waals surface area contributed by atoms with E-state index < -0.39 is 12.6 Å². The third-order valence-electron chi connectivity index (χ3n) is 4.50. The van der Waals surface area contributed by atoms with Gasteiger partial charge in [0.25, 0.3) is 5.91 Å². The van der Waals surface area contributed by atoms with Crippen LogP contribution in [0.3, 0.4) is 0 Å². The van der Waals surface area contributed by atoms with Gasteiger partial charge in [0.05, 0.1) is 20.8 Å². The van der Waals surface area contributed by atoms with Gasteiger partial charge < -0.3 is 19.1 Å². The van der Waals surface area contributed by atoms with Crippen LogP contribution in [0.1, 0.15) is 15.9 Å². The molecule has 0 radical (unpaired) electrons. The molecular weight excluding hydrogens is 382 g/mol. The minimum atomic E-state index is -0.660. The molecule has 1 amide bonds. The van der Waals surface area contributed by atoms with Crippen LogP contribution in [-0.2, 0) is 16.1 Å². The van der Waals surface area contributed by atoms with Crippen molar-refractivity contribution in [2.24, 2.45) is 0 Å². The van der Waals surface area contributed by atoms with E-state index in [1.54, 1.807) is 23.1 Å². The molecule has 154 valence electrons. The van der Waals surface area contributed by atoms with Gasteiger partial charge in [-0.15, -0.1) is 0 Å². The van der Waals surface area contributed by atoms with Gasteiger partial charge in [0.15, 0.2) is 18.1 Å². The lowest BCUT2D eigenvalue weighted by Crippen LogP contribution is -2.34. The van der Waals surface area contributed by atoms with Crippen LogP contribution in [0.5, 0.6) is 11.5 Å². The van der Waals surface area contributed by atoms with Gasteiger partial charge in [-0.05, 0) is 29.8 Å². The standard InChI is InChI=1S/C24H23NO5/c1-28-21-15-9-14-20(23(21)29-2)24(27)30-17-22(26)25(19-12-7-4-8-13-19)16-18-10-5-3-6-11-18/h3-15H,16-17H2,1-2H3. The van der Waals surface area contributed by atoms with Gasteiger partial charge in [0.1, 0.15) is 5.56 Å². The Kier molecular flexibility index (Phi) is 7.05. The molecule has 0 aromatic heterocycles. The van der Waals surface area contributed by atoms with Gasteiger partial charge in [-0.1, -0.05) is 54.6 Å². The molecule has 6 nitrogen and oxygen atoms in total. The highest BCUT2D eigenvalue weighted by atomic mass is 16.5. The largest absolute Gasteiger partial charge is 0.493 e. The van der Waals surface area contributed by atoms with E-state index >= 15 is 0 Å². The van der Waals surface area contributed by atoms with Crippen LogP contribution in [0.25, 0.3) is 0 Å². The van der Waals surface area contributed by atoms with Crippen LogP contribution in [-0.4, -0.2) is 32.7 Å². The molecule has 0 spiro atoms. The Bertz CT molecular complexity index is 989. The van der Waals surface area contributed by atoms with E-state index in [4.69, 9.17) is 14.2 Å². The highest BCUT2D eigenvalue weighted by molar-refractivity contribution is 5.98. The Hall–Kier alpha value is -3.80. The summed E-state index contributed by atoms with van der Waals surface area (Å²) in [5.41, 5.74) is 1.89. The number of carbonyl (C=O) groups excluding carboxylic acids is 2. The molecule has 3 aromatic carbocycles. The first-order chi connectivity index (χ1) is 14.6. The second kappa shape index (κ2) is 10.1. The summed E-state index contributed by atoms with van der Waals surface area (Å²) in [5.74, 6) is -0.318. The van der Waals surface area contributed by atoms with E-state index in [9.17, 15) is 9.59 Å². The second-order valence-corrected chi connectivity index (χ2v) is 6.42. The first kappa shape index (κ1) is 20.9. The molecule has 0 unspecified atom stereocenters. The molecule has 3 aromatic rings. The third kappa shape index (κ3) is 4.97. The van der Waals surface area contributed by atoms with Crippen molar-refractivity contribution < 1.29 is 23.8 Å². The molecule has 0 heterocycles. The highest BCUT2D eigenvalue weighted by Gasteiger charge is 2.21. The van der Waals surface area contributed by atoms with E-state index in [1.165, 1.54) is 14.2 Å². The number of esters is 1. The van der Waals surface area contributed by atoms with Crippen LogP contribution in [0.4, 0.5) is 5.69 Å². The van der Waals surface area contributed by atoms with Crippen molar-refractivity contribution in [2.75, 3.05) is 25.7 Å². The first-order valence-corrected chi connectivity index (χ1v) is 9.41. The molecule has 0 bridgehead atoms. The molecule has 0 aliphatic carbocycles. The molecule has 6 heteroatoms. The zero-order valence-electron chi connectivity index (χ0n) is 16.9. The Morgan fingerprint density at radius 2 is 1.47 bits per heavy atom. The van der Waals surface area contributed by atoms with Crippen molar-refractivity contribution >= 4 is 17.6 Å². The van der Waals surface area contributed by atoms with Crippen molar-refractivity contribution in [3.05, 3.63) is 90.0 Å². The summed E-state index contributed by atoms with van der Waals surface area (Å²) in [4.78, 5) is 27.1. The van der Waals surface area contributed by atoms with Crippen molar-refractivity contribution in [3.63, 3.8) is 0 Å². The third-order valence-corrected chi connectivity index (χ3v) is 4.50. The molecule has 0 aliphatic rings. The predicted molar refractivity (Wildman–Crippen MR) is 114 cm³/mol. The van der Waals surface area contributed by atoms with Crippen LogP contribution >= 0.6 is 0 Å². The number of benzene rings is 3. The Balaban J connectivity index is 1.75. The average Bonchev–Trinajstić information content (AvgIpc) is 2.81. The van der Waals surface area contributed by atoms with Gasteiger partial charge in [-0.2, -0.15) is 0 Å². The average molecular weight is 405 g/mol. The molecule has 0 atom stereocenters. The fourth-order valence-corrected chi connectivity index (χ4v) is 3.03. The molecule has 0 saturated heterocycles. The predicted octanol–water partition coefficient (Wildman–Crippen LogP) is 4.09. The Labute approximate surface area is 175 Å². The zero-order valence-corrected chi connectivity index (χ0v) is 16.9. The van der Waals surface area contributed by atoms with Crippen LogP contribution < -0.4 is 14.4 Å². The summed E-state index contributed by atoms with van der Waals surface area (Å²) in [6.07, 6.45) is 0. The van der Waals surface area contributed by atoms with Crippen molar-refractivity contribution in [1.82, 2.24) is 0 Å². The number of carbonyl (C=O) groups is 2. The number of rotatable bonds is 8. The van der Waals surface area contributed by atoms with Crippen LogP contribution in [0.2, 0.25) is 0 Å². The Morgan fingerprint density at radius 3 is 2.10 bits per heavy atom. The lowest BCUT2D eigenvalue weighted by atomic mass is 10.2. The maximum Gasteiger partial charge on any atom is 0.342 e. The maximum atomic E-state index is 13.0. The number of hydrogen-bond acceptors (Lipinski definition) is 5. The van der Waals surface area contributed by atoms with Gasteiger partial charge in [-0.3, -0.25) is 4.79 Å². The smallest absolute Gasteiger partial charge is 0.342 e. The zero-order chi connectivity index (χ0) is 21.3. The lowest BCUT2D eigenvalue weighted by molar-refractivity contribution is -0.121. The topological polar surface area (TPSA) is 65.1 Å². The molecular formula is C24H23NO5. The molecule has 3 rings (SSSR count). The summed E-state index contributed by atoms with van der Waals surface area (Å²) in [5, 5.41) is 0. The monoisotopic (exact) mass is 405 g/mol. The van der Waals surface area contributed by atoms with Crippen LogP contribution in [0, 0.1) is 0 Å². The SMILES string of the molecule is COc1cccc(C(=O)OCC(=O)N(Cc2ccccc2)c2ccccc2)c1OC. The minimum Gasteiger partial charge on any atom is -0.493 e. The number of para-hydroxylation sites is 2. The first-order valence-electron chi connectivity index (χ1n) is 9.41. The number of ether oxygens (including phenoxy) is 3. The molecule has 0 aliphatic heterocycles. The quantitative estimate of drug-likeness (QED) is 0.528. The van der Waals surface area contributed by atoms with Gasteiger partial charge in [0.2, 0.25) is 0 Å². The molecule has 30 heavy (non-hydrogen) atoms. The van der Waals surface area contributed by atoms with Gasteiger partial charge in [-0.25, -0.2) is 4.79 Å². The van der Waals surface area contributed by atoms with Crippen LogP contribution in [0.15, 0.2) is 78.9 Å². The summed E-state index contributed by atoms with van der Waals surface area (Å²) < 4.78 is 15.8. The van der Waals surface area contributed by atoms with Crippen molar-refractivity contribution in [3.8, 4) is 11.5 Å². The summed E-state index contributed by atoms with van der Waals surface area (Å²) in [7, 11) is 2.93. The van der Waals surface area contributed by atoms with E-state index in [-0.39, 0.29) is 17.2 Å². The van der Waals surface area contributed by atoms with E-state index in [1.807, 2.05) is 60.7 Å². The van der Waals surface area contributed by atoms with Gasteiger partial charge in [0, 0.05) is 5.69 Å². The molecule has 0 N–H and O–H groups in total. The second-order valence-electron chi connectivity index (χ2n) is 6.42. The van der Waals surface area contributed by atoms with E-state index in [0.29, 0.717) is 12.3 Å². The highest BCUT2D eigenvalue weighted by Crippen LogP contribution is 2.31. The fourth-order valence-electron chi connectivity index (χ4n) is 3.03.